The molecule has 2 heterocycles. The van der Waals surface area contributed by atoms with Crippen molar-refractivity contribution in [2.24, 2.45) is 27.9 Å². The normalized spacial score (nSPS) is 13.7. The number of nitrogens with one attached hydrogen (secondary N) is 5. The Labute approximate surface area is 234 Å². The molecule has 14 N–H and O–H groups in total. The maximum Gasteiger partial charge on any atom is 0.326 e. The number of carbonyl (C=O) groups is 5. The highest BCUT2D eigenvalue weighted by Crippen LogP contribution is 2.06. The van der Waals surface area contributed by atoms with Gasteiger partial charge in [-0.3, -0.25) is 24.2 Å². The molecule has 0 spiro atoms. The molecule has 4 amide bonds. The number of carboxylic acid groups (broad SMARTS) is 1. The van der Waals surface area contributed by atoms with Crippen LogP contribution in [-0.4, -0.2) is 91.3 Å². The van der Waals surface area contributed by atoms with Crippen molar-refractivity contribution in [3.63, 3.8) is 0 Å². The lowest BCUT2D eigenvalue weighted by Crippen LogP contribution is -2.57. The summed E-state index contributed by atoms with van der Waals surface area (Å²) in [5, 5.41) is 17.2. The molecule has 0 radical (unpaired) electrons. The fraction of sp³-hybridized carbons (Fsp3) is 0.478. The van der Waals surface area contributed by atoms with Gasteiger partial charge in [-0.1, -0.05) is 0 Å². The van der Waals surface area contributed by atoms with Gasteiger partial charge in [0.05, 0.1) is 18.7 Å². The molecule has 41 heavy (non-hydrogen) atoms. The van der Waals surface area contributed by atoms with E-state index in [0.717, 1.165) is 0 Å². The van der Waals surface area contributed by atoms with E-state index in [1.165, 1.54) is 25.0 Å². The van der Waals surface area contributed by atoms with Crippen LogP contribution in [0.25, 0.3) is 0 Å². The summed E-state index contributed by atoms with van der Waals surface area (Å²) < 4.78 is 0. The summed E-state index contributed by atoms with van der Waals surface area (Å²) >= 11 is 0. The molecule has 0 aliphatic carbocycles. The first kappa shape index (κ1) is 32.2. The molecular weight excluding hydrogens is 540 g/mol. The number of hydrogen-bond donors (Lipinski definition) is 10. The number of carboxylic acids is 1. The van der Waals surface area contributed by atoms with Crippen LogP contribution in [0.2, 0.25) is 0 Å². The van der Waals surface area contributed by atoms with Gasteiger partial charge in [0.15, 0.2) is 5.96 Å². The minimum atomic E-state index is -1.33. The van der Waals surface area contributed by atoms with E-state index < -0.39 is 53.8 Å². The molecule has 0 aromatic carbocycles. The Morgan fingerprint density at radius 3 is 1.88 bits per heavy atom. The van der Waals surface area contributed by atoms with Gasteiger partial charge in [0.25, 0.3) is 0 Å². The van der Waals surface area contributed by atoms with E-state index in [0.29, 0.717) is 11.4 Å². The van der Waals surface area contributed by atoms with Crippen molar-refractivity contribution in [2.75, 3.05) is 6.54 Å². The van der Waals surface area contributed by atoms with Crippen LogP contribution in [-0.2, 0) is 36.8 Å². The van der Waals surface area contributed by atoms with E-state index in [9.17, 15) is 29.1 Å². The van der Waals surface area contributed by atoms with Gasteiger partial charge in [0, 0.05) is 49.6 Å². The third kappa shape index (κ3) is 11.7. The summed E-state index contributed by atoms with van der Waals surface area (Å²) in [6.45, 7) is 0.140. The van der Waals surface area contributed by atoms with E-state index in [4.69, 9.17) is 22.9 Å². The molecule has 2 aromatic rings. The summed E-state index contributed by atoms with van der Waals surface area (Å²) in [7, 11) is 0. The van der Waals surface area contributed by atoms with Gasteiger partial charge < -0.3 is 54.0 Å². The second kappa shape index (κ2) is 16.2. The largest absolute Gasteiger partial charge is 0.480 e. The number of hydrogen-bond acceptors (Lipinski definition) is 9. The lowest BCUT2D eigenvalue weighted by Gasteiger charge is -2.25. The van der Waals surface area contributed by atoms with E-state index >= 15 is 0 Å². The highest BCUT2D eigenvalue weighted by atomic mass is 16.4. The SMILES string of the molecule is NC(=O)CCC(N)C(=O)NC(Cc1cnc[nH]1)C(=O)NC(CCCN=C(N)N)C(=O)NC(Cc1cnc[nH]1)C(=O)O. The number of aromatic amines is 2. The van der Waals surface area contributed by atoms with Gasteiger partial charge in [-0.05, 0) is 19.3 Å². The van der Waals surface area contributed by atoms with Gasteiger partial charge >= 0.3 is 5.97 Å². The first-order valence-electron chi connectivity index (χ1n) is 12.6. The maximum atomic E-state index is 13.4. The first-order valence-corrected chi connectivity index (χ1v) is 12.6. The zero-order chi connectivity index (χ0) is 30.4. The highest BCUT2D eigenvalue weighted by molar-refractivity contribution is 5.94. The van der Waals surface area contributed by atoms with Gasteiger partial charge in [-0.2, -0.15) is 0 Å². The van der Waals surface area contributed by atoms with E-state index in [1.54, 1.807) is 0 Å². The highest BCUT2D eigenvalue weighted by Gasteiger charge is 2.31. The quantitative estimate of drug-likeness (QED) is 0.0464. The molecule has 4 unspecified atom stereocenters. The summed E-state index contributed by atoms with van der Waals surface area (Å²) in [5.74, 6) is -4.34. The standard InChI is InChI=1S/C23H36N12O6/c24-14(3-4-18(25)36)19(37)34-16(6-12-8-28-10-31-12)21(39)33-15(2-1-5-30-23(26)27)20(38)35-17(22(40)41)7-13-9-29-11-32-13/h8-11,14-17H,1-7,24H2,(H2,25,36)(H,28,31)(H,29,32)(H,33,39)(H,34,37)(H,35,38)(H,40,41)(H4,26,27,30). The predicted molar refractivity (Wildman–Crippen MR) is 144 cm³/mol. The second-order valence-corrected chi connectivity index (χ2v) is 9.14. The van der Waals surface area contributed by atoms with Crippen LogP contribution < -0.4 is 38.9 Å². The van der Waals surface area contributed by atoms with Gasteiger partial charge in [0.2, 0.25) is 23.6 Å². The number of nitrogens with zero attached hydrogens (tertiary/aromatic N) is 3. The maximum absolute atomic E-state index is 13.4. The third-order valence-corrected chi connectivity index (χ3v) is 5.82. The number of imidazole rings is 2. The zero-order valence-corrected chi connectivity index (χ0v) is 22.2. The minimum Gasteiger partial charge on any atom is -0.480 e. The van der Waals surface area contributed by atoms with Gasteiger partial charge in [-0.25, -0.2) is 14.8 Å². The number of aromatic nitrogens is 4. The fourth-order valence-corrected chi connectivity index (χ4v) is 3.67. The number of rotatable bonds is 18. The van der Waals surface area contributed by atoms with E-state index in [-0.39, 0.29) is 51.0 Å². The van der Waals surface area contributed by atoms with Gasteiger partial charge in [-0.15, -0.1) is 0 Å². The number of amides is 4. The monoisotopic (exact) mass is 576 g/mol. The zero-order valence-electron chi connectivity index (χ0n) is 22.2. The second-order valence-electron chi connectivity index (χ2n) is 9.14. The molecule has 18 heteroatoms. The average Bonchev–Trinajstić information content (AvgIpc) is 3.62. The smallest absolute Gasteiger partial charge is 0.326 e. The van der Waals surface area contributed by atoms with E-state index in [2.05, 4.69) is 40.9 Å². The Balaban J connectivity index is 2.20. The predicted octanol–water partition coefficient (Wildman–Crippen LogP) is -3.90. The molecule has 2 aromatic heterocycles. The number of nitrogens with two attached hydrogens (primary N) is 4. The van der Waals surface area contributed by atoms with Crippen molar-refractivity contribution in [1.82, 2.24) is 35.9 Å². The molecule has 0 saturated carbocycles. The Kier molecular flexibility index (Phi) is 12.7. The number of primary amides is 1. The van der Waals surface area contributed by atoms with Crippen molar-refractivity contribution < 1.29 is 29.1 Å². The summed E-state index contributed by atoms with van der Waals surface area (Å²) in [5.41, 5.74) is 22.6. The van der Waals surface area contributed by atoms with Crippen molar-refractivity contribution in [3.05, 3.63) is 36.4 Å². The number of aliphatic carboxylic acids is 1. The van der Waals surface area contributed by atoms with Crippen molar-refractivity contribution >= 4 is 35.6 Å². The fourth-order valence-electron chi connectivity index (χ4n) is 3.67. The van der Waals surface area contributed by atoms with Crippen molar-refractivity contribution in [2.45, 2.75) is 62.7 Å². The van der Waals surface area contributed by atoms with Crippen LogP contribution in [0, 0.1) is 0 Å². The molecule has 0 aliphatic rings. The number of guanidine groups is 1. The number of H-pyrrole nitrogens is 2. The van der Waals surface area contributed by atoms with Crippen LogP contribution in [0.15, 0.2) is 30.0 Å². The lowest BCUT2D eigenvalue weighted by molar-refractivity contribution is -0.142. The summed E-state index contributed by atoms with van der Waals surface area (Å²) in [4.78, 5) is 79.3. The van der Waals surface area contributed by atoms with E-state index in [1.807, 2.05) is 0 Å². The minimum absolute atomic E-state index is 0.0353. The van der Waals surface area contributed by atoms with Crippen LogP contribution >= 0.6 is 0 Å². The molecule has 0 fully saturated rings. The summed E-state index contributed by atoms with van der Waals surface area (Å²) in [6.07, 6.45) is 5.62. The topological polar surface area (TPSA) is 315 Å². The Hall–Kier alpha value is -5.00. The molecular formula is C23H36N12O6. The third-order valence-electron chi connectivity index (χ3n) is 5.82. The Morgan fingerprint density at radius 1 is 0.829 bits per heavy atom. The van der Waals surface area contributed by atoms with Crippen LogP contribution in [0.3, 0.4) is 0 Å². The van der Waals surface area contributed by atoms with Gasteiger partial charge in [0.1, 0.15) is 18.1 Å². The van der Waals surface area contributed by atoms with Crippen molar-refractivity contribution in [3.8, 4) is 0 Å². The molecule has 224 valence electrons. The molecule has 18 nitrogen and oxygen atoms in total. The molecule has 0 aliphatic heterocycles. The molecule has 0 saturated heterocycles. The van der Waals surface area contributed by atoms with Crippen LogP contribution in [0.4, 0.5) is 0 Å². The van der Waals surface area contributed by atoms with Crippen LogP contribution in [0.5, 0.6) is 0 Å². The lowest BCUT2D eigenvalue weighted by atomic mass is 10.1. The molecule has 4 atom stereocenters. The molecule has 2 rings (SSSR count). The first-order chi connectivity index (χ1) is 19.5. The Morgan fingerprint density at radius 2 is 1.37 bits per heavy atom. The Bertz CT molecular complexity index is 1180. The summed E-state index contributed by atoms with van der Waals surface area (Å²) in [6, 6.07) is -4.89. The van der Waals surface area contributed by atoms with Crippen LogP contribution in [0.1, 0.15) is 37.1 Å². The van der Waals surface area contributed by atoms with Crippen molar-refractivity contribution in [1.29, 1.82) is 0 Å². The number of carbonyl (C=O) groups excluding carboxylic acids is 4. The molecule has 0 bridgehead atoms. The number of aliphatic imine (C=N–C) groups is 1. The average molecular weight is 577 g/mol.